The Hall–Kier alpha value is -1.33. The highest BCUT2D eigenvalue weighted by Crippen LogP contribution is 2.51. The maximum absolute atomic E-state index is 13.1. The molecule has 1 aromatic heterocycles. The van der Waals surface area contributed by atoms with Gasteiger partial charge in [0.05, 0.1) is 0 Å². The molecule has 0 N–H and O–H groups in total. The summed E-state index contributed by atoms with van der Waals surface area (Å²) in [5.41, 5.74) is 1.80. The molecule has 0 aliphatic rings. The van der Waals surface area contributed by atoms with Crippen molar-refractivity contribution in [3.8, 4) is 17.0 Å². The lowest BCUT2D eigenvalue weighted by molar-refractivity contribution is 0.349. The van der Waals surface area contributed by atoms with Crippen LogP contribution in [0.3, 0.4) is 0 Å². The summed E-state index contributed by atoms with van der Waals surface area (Å²) in [5, 5.41) is 0. The van der Waals surface area contributed by atoms with Gasteiger partial charge in [-0.15, -0.1) is 11.8 Å². The highest BCUT2D eigenvalue weighted by atomic mass is 32.2. The first-order valence-corrected chi connectivity index (χ1v) is 9.88. The number of aromatic nitrogens is 1. The molecule has 5 nitrogen and oxygen atoms in total. The Morgan fingerprint density at radius 3 is 2.17 bits per heavy atom. The third-order valence-corrected chi connectivity index (χ3v) is 6.56. The molecule has 0 spiro atoms. The first-order chi connectivity index (χ1) is 10.9. The summed E-state index contributed by atoms with van der Waals surface area (Å²) < 4.78 is 22.1. The van der Waals surface area contributed by atoms with Gasteiger partial charge in [-0.25, -0.2) is 18.9 Å². The second-order valence-electron chi connectivity index (χ2n) is 5.36. The van der Waals surface area contributed by atoms with E-state index in [2.05, 4.69) is 4.98 Å². The molecule has 2 aromatic rings. The molecular weight excluding hydrogens is 329 g/mol. The fraction of sp³-hybridized carbons (Fsp3) is 0.312. The number of hydrogen-bond acceptors (Lipinski definition) is 4. The van der Waals surface area contributed by atoms with Crippen molar-refractivity contribution in [2.75, 3.05) is 34.4 Å². The third-order valence-electron chi connectivity index (χ3n) is 3.39. The maximum Gasteiger partial charge on any atom is 0.395 e. The molecule has 0 radical (unpaired) electrons. The molecule has 0 saturated heterocycles. The van der Waals surface area contributed by atoms with Crippen molar-refractivity contribution in [1.82, 2.24) is 14.3 Å². The van der Waals surface area contributed by atoms with E-state index >= 15 is 0 Å². The van der Waals surface area contributed by atoms with Crippen LogP contribution < -0.4 is 4.52 Å². The maximum atomic E-state index is 13.1. The Labute approximate surface area is 142 Å². The second kappa shape index (κ2) is 7.49. The number of thioether (sulfide) groups is 1. The van der Waals surface area contributed by atoms with Crippen molar-refractivity contribution in [3.63, 3.8) is 0 Å². The molecule has 7 heteroatoms. The summed E-state index contributed by atoms with van der Waals surface area (Å²) in [5.74, 6) is 0.370. The van der Waals surface area contributed by atoms with Gasteiger partial charge in [-0.3, -0.25) is 0 Å². The van der Waals surface area contributed by atoms with Gasteiger partial charge in [0.1, 0.15) is 0 Å². The Morgan fingerprint density at radius 2 is 1.65 bits per heavy atom. The monoisotopic (exact) mass is 351 g/mol. The standard InChI is InChI=1S/C16H22N3O2PS/c1-18(2)22(20,19(3)4)21-16-15(7-6-12-17-16)13-8-10-14(23-5)11-9-13/h6-12H,1-5H3. The first-order valence-electron chi connectivity index (χ1n) is 7.13. The van der Waals surface area contributed by atoms with Crippen LogP contribution in [0.25, 0.3) is 11.1 Å². The van der Waals surface area contributed by atoms with Crippen molar-refractivity contribution in [1.29, 1.82) is 0 Å². The molecule has 0 unspecified atom stereocenters. The molecule has 1 aromatic carbocycles. The SMILES string of the molecule is CSc1ccc(-c2cccnc2OP(=O)(N(C)C)N(C)C)cc1. The van der Waals surface area contributed by atoms with Crippen molar-refractivity contribution >= 4 is 19.4 Å². The zero-order valence-electron chi connectivity index (χ0n) is 14.1. The minimum absolute atomic E-state index is 0.370. The number of rotatable bonds is 6. The van der Waals surface area contributed by atoms with Crippen LogP contribution in [0.2, 0.25) is 0 Å². The van der Waals surface area contributed by atoms with E-state index in [4.69, 9.17) is 4.52 Å². The number of hydrogen-bond donors (Lipinski definition) is 0. The van der Waals surface area contributed by atoms with Crippen LogP contribution in [0.5, 0.6) is 5.88 Å². The van der Waals surface area contributed by atoms with Crippen LogP contribution >= 0.6 is 19.4 Å². The van der Waals surface area contributed by atoms with Gasteiger partial charge < -0.3 is 4.52 Å². The summed E-state index contributed by atoms with van der Waals surface area (Å²) in [6.07, 6.45) is 3.68. The Kier molecular flexibility index (Phi) is 5.87. The number of pyridine rings is 1. The first kappa shape index (κ1) is 18.0. The largest absolute Gasteiger partial charge is 0.403 e. The van der Waals surface area contributed by atoms with Crippen LogP contribution in [0.4, 0.5) is 0 Å². The summed E-state index contributed by atoms with van der Waals surface area (Å²) in [6.45, 7) is 0. The van der Waals surface area contributed by atoms with Gasteiger partial charge in [-0.05, 0) is 64.3 Å². The minimum Gasteiger partial charge on any atom is -0.403 e. The number of benzene rings is 1. The normalized spacial score (nSPS) is 12.0. The van der Waals surface area contributed by atoms with E-state index in [1.807, 2.05) is 42.7 Å². The summed E-state index contributed by atoms with van der Waals surface area (Å²) in [6, 6.07) is 11.9. The van der Waals surface area contributed by atoms with Gasteiger partial charge in [-0.1, -0.05) is 12.1 Å². The lowest BCUT2D eigenvalue weighted by Crippen LogP contribution is -2.24. The Balaban J connectivity index is 2.43. The minimum atomic E-state index is -3.15. The van der Waals surface area contributed by atoms with E-state index in [-0.39, 0.29) is 0 Å². The molecule has 0 amide bonds. The summed E-state index contributed by atoms with van der Waals surface area (Å²) >= 11 is 1.69. The molecule has 0 atom stereocenters. The van der Waals surface area contributed by atoms with E-state index in [1.54, 1.807) is 55.5 Å². The molecule has 124 valence electrons. The van der Waals surface area contributed by atoms with E-state index in [0.29, 0.717) is 5.88 Å². The quantitative estimate of drug-likeness (QED) is 0.577. The highest BCUT2D eigenvalue weighted by Gasteiger charge is 2.32. The zero-order chi connectivity index (χ0) is 17.0. The third kappa shape index (κ3) is 3.96. The lowest BCUT2D eigenvalue weighted by Gasteiger charge is -2.29. The number of nitrogens with zero attached hydrogens (tertiary/aromatic N) is 3. The second-order valence-corrected chi connectivity index (χ2v) is 9.00. The summed E-state index contributed by atoms with van der Waals surface area (Å²) in [4.78, 5) is 5.48. The van der Waals surface area contributed by atoms with Crippen LogP contribution in [0.1, 0.15) is 0 Å². The predicted molar refractivity (Wildman–Crippen MR) is 97.1 cm³/mol. The fourth-order valence-electron chi connectivity index (χ4n) is 2.09. The average molecular weight is 351 g/mol. The summed E-state index contributed by atoms with van der Waals surface area (Å²) in [7, 11) is 3.78. The van der Waals surface area contributed by atoms with Crippen LogP contribution in [0.15, 0.2) is 47.5 Å². The van der Waals surface area contributed by atoms with Crippen LogP contribution in [-0.4, -0.2) is 48.8 Å². The smallest absolute Gasteiger partial charge is 0.395 e. The van der Waals surface area contributed by atoms with E-state index in [9.17, 15) is 4.57 Å². The molecule has 0 saturated carbocycles. The van der Waals surface area contributed by atoms with E-state index in [0.717, 1.165) is 11.1 Å². The topological polar surface area (TPSA) is 45.7 Å². The lowest BCUT2D eigenvalue weighted by atomic mass is 10.1. The van der Waals surface area contributed by atoms with Crippen molar-refractivity contribution in [3.05, 3.63) is 42.6 Å². The molecule has 0 fully saturated rings. The van der Waals surface area contributed by atoms with E-state index in [1.165, 1.54) is 4.90 Å². The van der Waals surface area contributed by atoms with Gasteiger partial charge in [0, 0.05) is 16.7 Å². The average Bonchev–Trinajstić information content (AvgIpc) is 2.55. The molecule has 0 aliphatic heterocycles. The molecule has 0 bridgehead atoms. The van der Waals surface area contributed by atoms with Crippen molar-refractivity contribution < 1.29 is 9.09 Å². The van der Waals surface area contributed by atoms with Gasteiger partial charge in [0.15, 0.2) is 0 Å². The molecule has 1 heterocycles. The van der Waals surface area contributed by atoms with Gasteiger partial charge in [-0.2, -0.15) is 0 Å². The van der Waals surface area contributed by atoms with Crippen molar-refractivity contribution in [2.24, 2.45) is 0 Å². The van der Waals surface area contributed by atoms with Crippen molar-refractivity contribution in [2.45, 2.75) is 4.90 Å². The molecular formula is C16H22N3O2PS. The fourth-order valence-corrected chi connectivity index (χ4v) is 3.91. The van der Waals surface area contributed by atoms with Crippen LogP contribution in [0, 0.1) is 0 Å². The van der Waals surface area contributed by atoms with Gasteiger partial charge in [0.25, 0.3) is 0 Å². The van der Waals surface area contributed by atoms with E-state index < -0.39 is 7.67 Å². The molecule has 23 heavy (non-hydrogen) atoms. The predicted octanol–water partition coefficient (Wildman–Crippen LogP) is 4.08. The molecule has 0 aliphatic carbocycles. The zero-order valence-corrected chi connectivity index (χ0v) is 15.8. The van der Waals surface area contributed by atoms with Crippen LogP contribution in [-0.2, 0) is 4.57 Å². The van der Waals surface area contributed by atoms with Gasteiger partial charge >= 0.3 is 7.67 Å². The Bertz CT molecular complexity index is 693. The molecule has 2 rings (SSSR count). The highest BCUT2D eigenvalue weighted by molar-refractivity contribution is 7.98. The Morgan fingerprint density at radius 1 is 1.04 bits per heavy atom. The van der Waals surface area contributed by atoms with Gasteiger partial charge in [0.2, 0.25) is 5.88 Å².